The molecule has 2 aromatic heterocycles. The van der Waals surface area contributed by atoms with Crippen molar-refractivity contribution in [2.45, 2.75) is 12.7 Å². The summed E-state index contributed by atoms with van der Waals surface area (Å²) in [5.41, 5.74) is 1.25. The molecule has 0 saturated carbocycles. The molecule has 0 aliphatic carbocycles. The van der Waals surface area contributed by atoms with Crippen LogP contribution >= 0.6 is 0 Å². The maximum atomic E-state index is 13.4. The Morgan fingerprint density at radius 1 is 1.10 bits per heavy atom. The summed E-state index contributed by atoms with van der Waals surface area (Å²) in [6, 6.07) is 10.8. The van der Waals surface area contributed by atoms with Crippen molar-refractivity contribution >= 4 is 34.0 Å². The molecule has 0 bridgehead atoms. The summed E-state index contributed by atoms with van der Waals surface area (Å²) in [5.74, 6) is 0.305. The molecule has 0 unspecified atom stereocenters. The number of likely N-dealkylation sites (N-methyl/N-ethyl adjacent to an activating group) is 2. The van der Waals surface area contributed by atoms with Crippen LogP contribution in [0.4, 0.5) is 36.2 Å². The number of benzene rings is 2. The van der Waals surface area contributed by atoms with Crippen LogP contribution in [0.2, 0.25) is 0 Å². The molecule has 0 amide bonds. The number of halogens is 3. The summed E-state index contributed by atoms with van der Waals surface area (Å²) in [6.07, 6.45) is -3.12. The summed E-state index contributed by atoms with van der Waals surface area (Å²) >= 11 is 0. The first-order chi connectivity index (χ1) is 18.5. The minimum Gasteiger partial charge on any atom is -0.494 e. The van der Waals surface area contributed by atoms with Gasteiger partial charge in [0.2, 0.25) is 5.95 Å². The highest BCUT2D eigenvalue weighted by Crippen LogP contribution is 2.39. The molecular weight excluding hydrogens is 517 g/mol. The molecule has 11 nitrogen and oxygen atoms in total. The number of ether oxygens (including phenoxy) is 1. The minimum atomic E-state index is -4.49. The van der Waals surface area contributed by atoms with Crippen LogP contribution < -0.4 is 15.0 Å². The first kappa shape index (κ1) is 27.6. The van der Waals surface area contributed by atoms with Gasteiger partial charge in [-0.15, -0.1) is 0 Å². The smallest absolute Gasteiger partial charge is 0.406 e. The Kier molecular flexibility index (Phi) is 7.85. The molecule has 1 N–H and O–H groups in total. The van der Waals surface area contributed by atoms with Gasteiger partial charge in [0.25, 0.3) is 5.69 Å². The van der Waals surface area contributed by atoms with Crippen molar-refractivity contribution in [3.05, 3.63) is 58.8 Å². The lowest BCUT2D eigenvalue weighted by Crippen LogP contribution is -2.28. The Hall–Kier alpha value is -4.46. The summed E-state index contributed by atoms with van der Waals surface area (Å²) in [6.45, 7) is -0.0397. The van der Waals surface area contributed by atoms with Crippen LogP contribution in [0.1, 0.15) is 0 Å². The van der Waals surface area contributed by atoms with Gasteiger partial charge < -0.3 is 24.4 Å². The SMILES string of the molecule is COc1cc(N(C)CCN(C)C)c([N+](=O)[O-])cc1Nc1nccc(-c2nc3ccccc3n2CC(F)(F)F)n1. The molecule has 39 heavy (non-hydrogen) atoms. The van der Waals surface area contributed by atoms with E-state index in [1.165, 1.54) is 25.4 Å². The molecule has 4 aromatic rings. The molecule has 0 atom stereocenters. The zero-order chi connectivity index (χ0) is 28.3. The number of nitro benzene ring substituents is 1. The van der Waals surface area contributed by atoms with Crippen molar-refractivity contribution in [2.75, 3.05) is 51.6 Å². The number of rotatable bonds is 10. The maximum Gasteiger partial charge on any atom is 0.406 e. The first-order valence-corrected chi connectivity index (χ1v) is 11.8. The van der Waals surface area contributed by atoms with E-state index in [-0.39, 0.29) is 28.8 Å². The second kappa shape index (κ2) is 11.1. The van der Waals surface area contributed by atoms with Gasteiger partial charge in [-0.3, -0.25) is 10.1 Å². The molecule has 0 fully saturated rings. The first-order valence-electron chi connectivity index (χ1n) is 11.8. The molecular formula is C25H27F3N8O3. The van der Waals surface area contributed by atoms with Gasteiger partial charge in [0, 0.05) is 38.5 Å². The molecule has 0 aliphatic rings. The number of alkyl halides is 3. The van der Waals surface area contributed by atoms with E-state index >= 15 is 0 Å². The number of hydrogen-bond donors (Lipinski definition) is 1. The molecule has 0 saturated heterocycles. The maximum absolute atomic E-state index is 13.4. The van der Waals surface area contributed by atoms with E-state index < -0.39 is 17.6 Å². The number of anilines is 3. The summed E-state index contributed by atoms with van der Waals surface area (Å²) < 4.78 is 46.7. The van der Waals surface area contributed by atoms with Crippen molar-refractivity contribution in [3.8, 4) is 17.3 Å². The van der Waals surface area contributed by atoms with Crippen molar-refractivity contribution in [1.82, 2.24) is 24.4 Å². The van der Waals surface area contributed by atoms with Gasteiger partial charge in [-0.2, -0.15) is 13.2 Å². The van der Waals surface area contributed by atoms with Crippen LogP contribution in [-0.4, -0.2) is 76.9 Å². The monoisotopic (exact) mass is 544 g/mol. The van der Waals surface area contributed by atoms with E-state index in [4.69, 9.17) is 4.74 Å². The Balaban J connectivity index is 1.72. The van der Waals surface area contributed by atoms with E-state index in [9.17, 15) is 23.3 Å². The number of nitrogens with zero attached hydrogens (tertiary/aromatic N) is 7. The normalized spacial score (nSPS) is 11.7. The third kappa shape index (κ3) is 6.34. The predicted octanol–water partition coefficient (Wildman–Crippen LogP) is 4.71. The average molecular weight is 545 g/mol. The van der Waals surface area contributed by atoms with Gasteiger partial charge in [-0.1, -0.05) is 12.1 Å². The molecule has 0 aliphatic heterocycles. The van der Waals surface area contributed by atoms with Crippen molar-refractivity contribution in [2.24, 2.45) is 0 Å². The lowest BCUT2D eigenvalue weighted by Gasteiger charge is -2.22. The van der Waals surface area contributed by atoms with Crippen LogP contribution in [0, 0.1) is 10.1 Å². The second-order valence-corrected chi connectivity index (χ2v) is 9.04. The van der Waals surface area contributed by atoms with Crippen molar-refractivity contribution in [1.29, 1.82) is 0 Å². The molecule has 2 heterocycles. The number of methoxy groups -OCH3 is 1. The van der Waals surface area contributed by atoms with Crippen LogP contribution in [0.5, 0.6) is 5.75 Å². The van der Waals surface area contributed by atoms with Gasteiger partial charge in [0.05, 0.1) is 28.8 Å². The molecule has 0 radical (unpaired) electrons. The topological polar surface area (TPSA) is 114 Å². The van der Waals surface area contributed by atoms with Gasteiger partial charge in [-0.05, 0) is 32.3 Å². The molecule has 4 rings (SSSR count). The number of para-hydroxylation sites is 2. The fourth-order valence-corrected chi connectivity index (χ4v) is 4.02. The zero-order valence-electron chi connectivity index (χ0n) is 21.7. The number of fused-ring (bicyclic) bond motifs is 1. The Labute approximate surface area is 222 Å². The summed E-state index contributed by atoms with van der Waals surface area (Å²) in [4.78, 5) is 28.0. The van der Waals surface area contributed by atoms with E-state index in [1.807, 2.05) is 19.0 Å². The Bertz CT molecular complexity index is 1490. The van der Waals surface area contributed by atoms with Crippen LogP contribution in [0.3, 0.4) is 0 Å². The second-order valence-electron chi connectivity index (χ2n) is 9.04. The largest absolute Gasteiger partial charge is 0.494 e. The fraction of sp³-hybridized carbons (Fsp3) is 0.320. The standard InChI is InChI=1S/C25H27F3N8O3/c1-33(2)11-12-34(3)20-14-22(39-4)18(13-21(20)36(37)38)32-24-29-10-9-17(31-24)23-30-16-7-5-6-8-19(16)35(23)15-25(26,27)28/h5-10,13-14H,11-12,15H2,1-4H3,(H,29,31,32). The Morgan fingerprint density at radius 3 is 2.51 bits per heavy atom. The number of nitrogens with one attached hydrogen (secondary N) is 1. The van der Waals surface area contributed by atoms with Gasteiger partial charge >= 0.3 is 6.18 Å². The van der Waals surface area contributed by atoms with Crippen LogP contribution in [0.15, 0.2) is 48.7 Å². The summed E-state index contributed by atoms with van der Waals surface area (Å²) in [7, 11) is 6.98. The van der Waals surface area contributed by atoms with E-state index in [1.54, 1.807) is 42.3 Å². The highest BCUT2D eigenvalue weighted by molar-refractivity contribution is 5.80. The van der Waals surface area contributed by atoms with Crippen molar-refractivity contribution < 1.29 is 22.8 Å². The number of aromatic nitrogens is 4. The van der Waals surface area contributed by atoms with Crippen LogP contribution in [-0.2, 0) is 6.54 Å². The number of imidazole rings is 1. The number of hydrogen-bond acceptors (Lipinski definition) is 9. The lowest BCUT2D eigenvalue weighted by atomic mass is 10.2. The number of nitro groups is 1. The zero-order valence-corrected chi connectivity index (χ0v) is 21.7. The average Bonchev–Trinajstić information content (AvgIpc) is 3.24. The van der Waals surface area contributed by atoms with Gasteiger partial charge in [0.15, 0.2) is 5.82 Å². The van der Waals surface area contributed by atoms with Gasteiger partial charge in [-0.25, -0.2) is 15.0 Å². The summed E-state index contributed by atoms with van der Waals surface area (Å²) in [5, 5.41) is 14.8. The fourth-order valence-electron chi connectivity index (χ4n) is 4.02. The third-order valence-electron chi connectivity index (χ3n) is 5.91. The van der Waals surface area contributed by atoms with E-state index in [2.05, 4.69) is 20.3 Å². The molecule has 0 spiro atoms. The third-order valence-corrected chi connectivity index (χ3v) is 5.91. The highest BCUT2D eigenvalue weighted by Gasteiger charge is 2.31. The minimum absolute atomic E-state index is 0.000532. The van der Waals surface area contributed by atoms with E-state index in [0.717, 1.165) is 4.57 Å². The van der Waals surface area contributed by atoms with E-state index in [0.29, 0.717) is 35.6 Å². The van der Waals surface area contributed by atoms with Gasteiger partial charge in [0.1, 0.15) is 23.7 Å². The molecule has 14 heteroatoms. The molecule has 206 valence electrons. The van der Waals surface area contributed by atoms with Crippen molar-refractivity contribution in [3.63, 3.8) is 0 Å². The van der Waals surface area contributed by atoms with Crippen LogP contribution in [0.25, 0.3) is 22.6 Å². The quantitative estimate of drug-likeness (QED) is 0.224. The predicted molar refractivity (Wildman–Crippen MR) is 142 cm³/mol. The highest BCUT2D eigenvalue weighted by atomic mass is 19.4. The lowest BCUT2D eigenvalue weighted by molar-refractivity contribution is -0.384. The molecule has 2 aromatic carbocycles. The Morgan fingerprint density at radius 2 is 1.85 bits per heavy atom.